The number of carboxylic acid groups (broad SMARTS) is 1. The summed E-state index contributed by atoms with van der Waals surface area (Å²) in [5.41, 5.74) is -1.00. The van der Waals surface area contributed by atoms with Crippen LogP contribution < -0.4 is 5.32 Å². The first kappa shape index (κ1) is 13.8. The number of rotatable bonds is 4. The Hall–Kier alpha value is -1.26. The maximum Gasteiger partial charge on any atom is 0.329 e. The first-order chi connectivity index (χ1) is 7.97. The van der Waals surface area contributed by atoms with Gasteiger partial charge in [-0.15, -0.1) is 0 Å². The van der Waals surface area contributed by atoms with Crippen molar-refractivity contribution in [2.75, 3.05) is 6.54 Å². The van der Waals surface area contributed by atoms with Crippen LogP contribution in [0.5, 0.6) is 0 Å². The summed E-state index contributed by atoms with van der Waals surface area (Å²) in [5, 5.41) is 12.2. The zero-order valence-electron chi connectivity index (χ0n) is 10.8. The first-order valence-electron chi connectivity index (χ1n) is 6.29. The van der Waals surface area contributed by atoms with Crippen molar-refractivity contribution in [2.24, 2.45) is 0 Å². The van der Waals surface area contributed by atoms with E-state index >= 15 is 0 Å². The highest BCUT2D eigenvalue weighted by Gasteiger charge is 2.48. The highest BCUT2D eigenvalue weighted by Crippen LogP contribution is 2.32. The summed E-state index contributed by atoms with van der Waals surface area (Å²) in [5.74, 6) is -0.892. The van der Waals surface area contributed by atoms with Crippen molar-refractivity contribution in [3.8, 4) is 0 Å². The average molecular weight is 242 g/mol. The topological polar surface area (TPSA) is 69.6 Å². The van der Waals surface area contributed by atoms with Gasteiger partial charge in [-0.1, -0.05) is 13.8 Å². The van der Waals surface area contributed by atoms with Gasteiger partial charge < -0.3 is 15.3 Å². The minimum absolute atomic E-state index is 0.0754. The monoisotopic (exact) mass is 242 g/mol. The van der Waals surface area contributed by atoms with E-state index in [4.69, 9.17) is 0 Å². The third-order valence-electron chi connectivity index (χ3n) is 3.70. The number of carboxylic acids is 1. The summed E-state index contributed by atoms with van der Waals surface area (Å²) in [7, 11) is 0. The summed E-state index contributed by atoms with van der Waals surface area (Å²) in [6, 6.07) is -0.174. The van der Waals surface area contributed by atoms with Gasteiger partial charge in [0.15, 0.2) is 0 Å². The maximum atomic E-state index is 12.0. The summed E-state index contributed by atoms with van der Waals surface area (Å²) < 4.78 is 0. The number of nitrogens with one attached hydrogen (secondary N) is 1. The molecule has 2 unspecified atom stereocenters. The molecule has 17 heavy (non-hydrogen) atoms. The van der Waals surface area contributed by atoms with Crippen molar-refractivity contribution in [1.82, 2.24) is 10.2 Å². The Balaban J connectivity index is 2.81. The molecule has 5 nitrogen and oxygen atoms in total. The lowest BCUT2D eigenvalue weighted by Crippen LogP contribution is -2.56. The molecular weight excluding hydrogens is 220 g/mol. The number of aliphatic carboxylic acids is 1. The van der Waals surface area contributed by atoms with Gasteiger partial charge in [-0.2, -0.15) is 0 Å². The Labute approximate surface area is 102 Å². The summed E-state index contributed by atoms with van der Waals surface area (Å²) >= 11 is 0. The van der Waals surface area contributed by atoms with Crippen LogP contribution in [0.4, 0.5) is 4.79 Å². The van der Waals surface area contributed by atoms with Crippen LogP contribution in [0.2, 0.25) is 0 Å². The predicted molar refractivity (Wildman–Crippen MR) is 64.9 cm³/mol. The minimum atomic E-state index is -1.00. The number of carbonyl (C=O) groups excluding carboxylic acids is 1. The van der Waals surface area contributed by atoms with Crippen LogP contribution >= 0.6 is 0 Å². The Morgan fingerprint density at radius 2 is 2.12 bits per heavy atom. The van der Waals surface area contributed by atoms with E-state index < -0.39 is 11.5 Å². The largest absolute Gasteiger partial charge is 0.479 e. The van der Waals surface area contributed by atoms with Crippen LogP contribution in [0.25, 0.3) is 0 Å². The number of carbonyl (C=O) groups is 2. The summed E-state index contributed by atoms with van der Waals surface area (Å²) in [6.07, 6.45) is 2.60. The van der Waals surface area contributed by atoms with Gasteiger partial charge in [0.1, 0.15) is 5.54 Å². The molecule has 0 aromatic heterocycles. The summed E-state index contributed by atoms with van der Waals surface area (Å²) in [4.78, 5) is 24.9. The molecule has 1 fully saturated rings. The van der Waals surface area contributed by atoms with Crippen molar-refractivity contribution in [3.05, 3.63) is 0 Å². The fraction of sp³-hybridized carbons (Fsp3) is 0.833. The molecule has 2 N–H and O–H groups in total. The van der Waals surface area contributed by atoms with E-state index in [2.05, 4.69) is 5.32 Å². The smallest absolute Gasteiger partial charge is 0.329 e. The zero-order valence-corrected chi connectivity index (χ0v) is 10.8. The van der Waals surface area contributed by atoms with Gasteiger partial charge in [-0.25, -0.2) is 9.59 Å². The molecule has 0 bridgehead atoms. The predicted octanol–water partition coefficient (Wildman–Crippen LogP) is 1.82. The van der Waals surface area contributed by atoms with Crippen molar-refractivity contribution in [2.45, 2.75) is 58.0 Å². The molecule has 1 saturated heterocycles. The van der Waals surface area contributed by atoms with E-state index in [0.717, 1.165) is 12.8 Å². The average Bonchev–Trinajstić information content (AvgIpc) is 2.73. The molecule has 5 heteroatoms. The molecule has 98 valence electrons. The highest BCUT2D eigenvalue weighted by atomic mass is 16.4. The van der Waals surface area contributed by atoms with Crippen LogP contribution in [0.1, 0.15) is 46.5 Å². The lowest BCUT2D eigenvalue weighted by molar-refractivity contribution is -0.148. The van der Waals surface area contributed by atoms with Crippen LogP contribution in [-0.2, 0) is 4.79 Å². The third-order valence-corrected chi connectivity index (χ3v) is 3.70. The standard InChI is InChI=1S/C12H22N2O3/c1-4-9(3)13-11(17)14-8-6-7-12(14,5-2)10(15)16/h9H,4-8H2,1-3H3,(H,13,17)(H,15,16). The van der Waals surface area contributed by atoms with Gasteiger partial charge in [0.05, 0.1) is 0 Å². The molecule has 0 saturated carbocycles. The number of hydrogen-bond acceptors (Lipinski definition) is 2. The molecule has 1 rings (SSSR count). The number of hydrogen-bond donors (Lipinski definition) is 2. The molecule has 0 aromatic rings. The number of urea groups is 1. The molecule has 2 atom stereocenters. The Morgan fingerprint density at radius 1 is 1.47 bits per heavy atom. The van der Waals surface area contributed by atoms with E-state index in [1.165, 1.54) is 4.90 Å². The summed E-state index contributed by atoms with van der Waals surface area (Å²) in [6.45, 7) is 6.26. The molecule has 2 amide bonds. The molecule has 1 heterocycles. The van der Waals surface area contributed by atoms with Gasteiger partial charge in [-0.3, -0.25) is 0 Å². The van der Waals surface area contributed by atoms with Gasteiger partial charge >= 0.3 is 12.0 Å². The second-order valence-corrected chi connectivity index (χ2v) is 4.70. The van der Waals surface area contributed by atoms with Crippen molar-refractivity contribution < 1.29 is 14.7 Å². The molecule has 0 aliphatic carbocycles. The first-order valence-corrected chi connectivity index (χ1v) is 6.29. The second-order valence-electron chi connectivity index (χ2n) is 4.70. The van der Waals surface area contributed by atoms with E-state index in [1.807, 2.05) is 20.8 Å². The molecule has 0 radical (unpaired) electrons. The van der Waals surface area contributed by atoms with Gasteiger partial charge in [0.2, 0.25) is 0 Å². The lowest BCUT2D eigenvalue weighted by Gasteiger charge is -2.34. The van der Waals surface area contributed by atoms with Gasteiger partial charge in [0.25, 0.3) is 0 Å². The fourth-order valence-electron chi connectivity index (χ4n) is 2.31. The number of likely N-dealkylation sites (tertiary alicyclic amines) is 1. The second kappa shape index (κ2) is 5.38. The van der Waals surface area contributed by atoms with Crippen LogP contribution in [0, 0.1) is 0 Å². The van der Waals surface area contributed by atoms with Crippen LogP contribution in [-0.4, -0.2) is 40.1 Å². The quantitative estimate of drug-likeness (QED) is 0.790. The van der Waals surface area contributed by atoms with Gasteiger partial charge in [-0.05, 0) is 32.6 Å². The van der Waals surface area contributed by atoms with Crippen molar-refractivity contribution in [3.63, 3.8) is 0 Å². The number of amides is 2. The van der Waals surface area contributed by atoms with E-state index in [9.17, 15) is 14.7 Å². The lowest BCUT2D eigenvalue weighted by atomic mass is 9.93. The van der Waals surface area contributed by atoms with E-state index in [-0.39, 0.29) is 12.1 Å². The molecule has 1 aliphatic rings. The minimum Gasteiger partial charge on any atom is -0.479 e. The van der Waals surface area contributed by atoms with Crippen LogP contribution in [0.3, 0.4) is 0 Å². The molecule has 0 spiro atoms. The number of nitrogens with zero attached hydrogens (tertiary/aromatic N) is 1. The maximum absolute atomic E-state index is 12.0. The Kier molecular flexibility index (Phi) is 4.37. The Bertz CT molecular complexity index is 306. The third kappa shape index (κ3) is 2.53. The normalized spacial score (nSPS) is 25.7. The van der Waals surface area contributed by atoms with Gasteiger partial charge in [0, 0.05) is 12.6 Å². The molecular formula is C12H22N2O3. The van der Waals surface area contributed by atoms with Crippen LogP contribution in [0.15, 0.2) is 0 Å². The van der Waals surface area contributed by atoms with E-state index in [1.54, 1.807) is 0 Å². The highest BCUT2D eigenvalue weighted by molar-refractivity contribution is 5.87. The van der Waals surface area contributed by atoms with E-state index in [0.29, 0.717) is 19.4 Å². The SMILES string of the molecule is CCC(C)NC(=O)N1CCCC1(CC)C(=O)O. The Morgan fingerprint density at radius 3 is 2.59 bits per heavy atom. The van der Waals surface area contributed by atoms with Crippen molar-refractivity contribution in [1.29, 1.82) is 0 Å². The fourth-order valence-corrected chi connectivity index (χ4v) is 2.31. The van der Waals surface area contributed by atoms with Crippen molar-refractivity contribution >= 4 is 12.0 Å². The molecule has 1 aliphatic heterocycles. The molecule has 0 aromatic carbocycles. The zero-order chi connectivity index (χ0) is 13.1.